The lowest BCUT2D eigenvalue weighted by Crippen LogP contribution is -2.48. The summed E-state index contributed by atoms with van der Waals surface area (Å²) in [6.45, 7) is 3.27. The third kappa shape index (κ3) is 3.59. The van der Waals surface area contributed by atoms with Gasteiger partial charge < -0.3 is 14.6 Å². The van der Waals surface area contributed by atoms with Crippen molar-refractivity contribution in [2.75, 3.05) is 13.1 Å². The van der Waals surface area contributed by atoms with Crippen LogP contribution in [0.1, 0.15) is 36.7 Å². The Kier molecular flexibility index (Phi) is 4.63. The van der Waals surface area contributed by atoms with Crippen LogP contribution in [0.3, 0.4) is 0 Å². The number of halogens is 1. The van der Waals surface area contributed by atoms with Crippen LogP contribution in [0.25, 0.3) is 0 Å². The summed E-state index contributed by atoms with van der Waals surface area (Å²) in [6.07, 6.45) is 3.25. The van der Waals surface area contributed by atoms with Gasteiger partial charge in [0.05, 0.1) is 0 Å². The van der Waals surface area contributed by atoms with Crippen molar-refractivity contribution in [3.63, 3.8) is 0 Å². The maximum atomic E-state index is 12.1. The van der Waals surface area contributed by atoms with Crippen molar-refractivity contribution in [3.05, 3.63) is 22.6 Å². The molecule has 2 rings (SSSR count). The Morgan fingerprint density at radius 3 is 2.58 bits per heavy atom. The van der Waals surface area contributed by atoms with Crippen LogP contribution in [0.5, 0.6) is 0 Å². The summed E-state index contributed by atoms with van der Waals surface area (Å²) in [6, 6.07) is 2.68. The molecule has 0 aromatic carbocycles. The summed E-state index contributed by atoms with van der Waals surface area (Å²) >= 11 is 3.14. The number of carbonyl (C=O) groups excluding carboxylic acids is 2. The lowest BCUT2D eigenvalue weighted by molar-refractivity contribution is -0.133. The average Bonchev–Trinajstić information content (AvgIpc) is 2.85. The molecule has 0 aliphatic carbocycles. The van der Waals surface area contributed by atoms with Gasteiger partial charge in [-0.3, -0.25) is 9.59 Å². The molecule has 5 nitrogen and oxygen atoms in total. The van der Waals surface area contributed by atoms with Crippen LogP contribution in [0, 0.1) is 0 Å². The molecular formula is C13H17BrN2O3. The molecule has 19 heavy (non-hydrogen) atoms. The van der Waals surface area contributed by atoms with Gasteiger partial charge in [-0.25, -0.2) is 0 Å². The van der Waals surface area contributed by atoms with Gasteiger partial charge in [0, 0.05) is 13.1 Å². The van der Waals surface area contributed by atoms with E-state index in [4.69, 9.17) is 4.42 Å². The molecule has 2 amide bonds. The first kappa shape index (κ1) is 14.1. The number of nitrogens with zero attached hydrogens (tertiary/aromatic N) is 1. The predicted octanol–water partition coefficient (Wildman–Crippen LogP) is 2.17. The van der Waals surface area contributed by atoms with Gasteiger partial charge in [-0.1, -0.05) is 0 Å². The fourth-order valence-corrected chi connectivity index (χ4v) is 2.46. The smallest absolute Gasteiger partial charge is 0.287 e. The monoisotopic (exact) mass is 328 g/mol. The number of furan rings is 1. The highest BCUT2D eigenvalue weighted by Gasteiger charge is 2.24. The molecule has 6 heteroatoms. The average molecular weight is 329 g/mol. The van der Waals surface area contributed by atoms with Crippen LogP contribution in [0.4, 0.5) is 0 Å². The first-order chi connectivity index (χ1) is 9.08. The Morgan fingerprint density at radius 2 is 2.00 bits per heavy atom. The third-order valence-corrected chi connectivity index (χ3v) is 3.61. The molecule has 0 spiro atoms. The standard InChI is InChI=1S/C13H17BrN2O3/c1-9(13(18)16-7-3-2-4-8-16)15-12(17)10-5-6-11(14)19-10/h5-6,9H,2-4,7-8H2,1H3,(H,15,17). The lowest BCUT2D eigenvalue weighted by atomic mass is 10.1. The number of nitrogens with one attached hydrogen (secondary N) is 1. The highest BCUT2D eigenvalue weighted by molar-refractivity contribution is 9.10. The molecule has 1 unspecified atom stereocenters. The number of hydrogen-bond donors (Lipinski definition) is 1. The predicted molar refractivity (Wildman–Crippen MR) is 73.8 cm³/mol. The Labute approximate surface area is 120 Å². The van der Waals surface area contributed by atoms with Gasteiger partial charge in [-0.15, -0.1) is 0 Å². The van der Waals surface area contributed by atoms with Crippen LogP contribution >= 0.6 is 15.9 Å². The van der Waals surface area contributed by atoms with E-state index in [0.29, 0.717) is 4.67 Å². The van der Waals surface area contributed by atoms with Crippen LogP contribution in [-0.2, 0) is 4.79 Å². The summed E-state index contributed by atoms with van der Waals surface area (Å²) in [4.78, 5) is 25.8. The van der Waals surface area contributed by atoms with Crippen LogP contribution in [-0.4, -0.2) is 35.8 Å². The van der Waals surface area contributed by atoms with Crippen molar-refractivity contribution in [1.29, 1.82) is 0 Å². The molecule has 2 heterocycles. The zero-order valence-corrected chi connectivity index (χ0v) is 12.4. The maximum Gasteiger partial charge on any atom is 0.287 e. The summed E-state index contributed by atoms with van der Waals surface area (Å²) < 4.78 is 5.64. The molecule has 1 aromatic heterocycles. The van der Waals surface area contributed by atoms with E-state index < -0.39 is 6.04 Å². The zero-order valence-electron chi connectivity index (χ0n) is 10.8. The quantitative estimate of drug-likeness (QED) is 0.924. The number of likely N-dealkylation sites (tertiary alicyclic amines) is 1. The Hall–Kier alpha value is -1.30. The summed E-state index contributed by atoms with van der Waals surface area (Å²) in [5, 5.41) is 2.66. The van der Waals surface area contributed by atoms with E-state index in [9.17, 15) is 9.59 Å². The first-order valence-electron chi connectivity index (χ1n) is 6.43. The molecule has 1 aromatic rings. The fraction of sp³-hybridized carbons (Fsp3) is 0.538. The topological polar surface area (TPSA) is 62.6 Å². The minimum Gasteiger partial charge on any atom is -0.444 e. The number of amides is 2. The minimum atomic E-state index is -0.533. The molecule has 104 valence electrons. The van der Waals surface area contributed by atoms with E-state index >= 15 is 0 Å². The maximum absolute atomic E-state index is 12.1. The van der Waals surface area contributed by atoms with E-state index in [2.05, 4.69) is 21.2 Å². The fourth-order valence-electron chi connectivity index (χ4n) is 2.15. The Morgan fingerprint density at radius 1 is 1.32 bits per heavy atom. The minimum absolute atomic E-state index is 0.0290. The van der Waals surface area contributed by atoms with Crippen LogP contribution < -0.4 is 5.32 Å². The van der Waals surface area contributed by atoms with Crippen LogP contribution in [0.2, 0.25) is 0 Å². The first-order valence-corrected chi connectivity index (χ1v) is 7.22. The van der Waals surface area contributed by atoms with Gasteiger partial charge in [0.25, 0.3) is 5.91 Å². The highest BCUT2D eigenvalue weighted by atomic mass is 79.9. The van der Waals surface area contributed by atoms with Gasteiger partial charge in [-0.05, 0) is 54.2 Å². The van der Waals surface area contributed by atoms with E-state index in [0.717, 1.165) is 25.9 Å². The number of carbonyl (C=O) groups is 2. The molecule has 1 N–H and O–H groups in total. The second-order valence-corrected chi connectivity index (χ2v) is 5.47. The van der Waals surface area contributed by atoms with Gasteiger partial charge in [0.2, 0.25) is 5.91 Å². The molecule has 0 bridgehead atoms. The Bertz CT molecular complexity index is 466. The van der Waals surface area contributed by atoms with Gasteiger partial charge in [-0.2, -0.15) is 0 Å². The third-order valence-electron chi connectivity index (χ3n) is 3.18. The number of piperidine rings is 1. The molecule has 0 saturated carbocycles. The van der Waals surface area contributed by atoms with E-state index in [1.807, 2.05) is 4.90 Å². The molecular weight excluding hydrogens is 312 g/mol. The number of rotatable bonds is 3. The molecule has 1 atom stereocenters. The van der Waals surface area contributed by atoms with Gasteiger partial charge in [0.15, 0.2) is 10.4 Å². The normalized spacial score (nSPS) is 17.1. The second kappa shape index (κ2) is 6.23. The number of hydrogen-bond acceptors (Lipinski definition) is 3. The van der Waals surface area contributed by atoms with Crippen molar-refractivity contribution in [1.82, 2.24) is 10.2 Å². The highest BCUT2D eigenvalue weighted by Crippen LogP contribution is 2.14. The SMILES string of the molecule is CC(NC(=O)c1ccc(Br)o1)C(=O)N1CCCCC1. The van der Waals surface area contributed by atoms with Crippen LogP contribution in [0.15, 0.2) is 21.2 Å². The largest absolute Gasteiger partial charge is 0.444 e. The summed E-state index contributed by atoms with van der Waals surface area (Å²) in [5.41, 5.74) is 0. The zero-order chi connectivity index (χ0) is 13.8. The van der Waals surface area contributed by atoms with E-state index in [-0.39, 0.29) is 17.6 Å². The molecule has 1 aliphatic rings. The second-order valence-electron chi connectivity index (χ2n) is 4.68. The Balaban J connectivity index is 1.91. The summed E-state index contributed by atoms with van der Waals surface area (Å²) in [5.74, 6) is -0.201. The molecule has 1 aliphatic heterocycles. The van der Waals surface area contributed by atoms with Gasteiger partial charge in [0.1, 0.15) is 6.04 Å². The molecule has 0 radical (unpaired) electrons. The van der Waals surface area contributed by atoms with E-state index in [1.165, 1.54) is 6.42 Å². The van der Waals surface area contributed by atoms with Crippen molar-refractivity contribution in [2.45, 2.75) is 32.2 Å². The van der Waals surface area contributed by atoms with Crippen molar-refractivity contribution in [3.8, 4) is 0 Å². The van der Waals surface area contributed by atoms with Crippen molar-refractivity contribution in [2.24, 2.45) is 0 Å². The lowest BCUT2D eigenvalue weighted by Gasteiger charge is -2.29. The van der Waals surface area contributed by atoms with Crippen molar-refractivity contribution >= 4 is 27.7 Å². The summed E-state index contributed by atoms with van der Waals surface area (Å²) in [7, 11) is 0. The molecule has 1 saturated heterocycles. The van der Waals surface area contributed by atoms with E-state index in [1.54, 1.807) is 19.1 Å². The van der Waals surface area contributed by atoms with Gasteiger partial charge >= 0.3 is 0 Å². The van der Waals surface area contributed by atoms with Crippen molar-refractivity contribution < 1.29 is 14.0 Å². The molecule has 1 fully saturated rings.